The number of benzene rings is 1. The zero-order valence-electron chi connectivity index (χ0n) is 11.8. The number of rotatable bonds is 3. The second-order valence-corrected chi connectivity index (χ2v) is 5.56. The summed E-state index contributed by atoms with van der Waals surface area (Å²) in [6.45, 7) is 0.437. The highest BCUT2D eigenvalue weighted by Gasteiger charge is 2.32. The van der Waals surface area contributed by atoms with E-state index in [1.54, 1.807) is 30.9 Å². The number of fused-ring (bicyclic) bond motifs is 1. The zero-order valence-corrected chi connectivity index (χ0v) is 12.6. The number of carbonyl (C=O) groups excluding carboxylic acids is 1. The molecular weight excluding hydrogens is 320 g/mol. The van der Waals surface area contributed by atoms with Crippen LogP contribution in [0.25, 0.3) is 0 Å². The third-order valence-corrected chi connectivity index (χ3v) is 3.92. The number of halogens is 1. The van der Waals surface area contributed by atoms with Gasteiger partial charge in [-0.3, -0.25) is 0 Å². The summed E-state index contributed by atoms with van der Waals surface area (Å²) in [5.74, 6) is 0.293. The van der Waals surface area contributed by atoms with E-state index >= 15 is 0 Å². The Hall–Kier alpha value is -2.67. The van der Waals surface area contributed by atoms with Crippen molar-refractivity contribution in [2.45, 2.75) is 19.1 Å². The van der Waals surface area contributed by atoms with Gasteiger partial charge in [0.25, 0.3) is 5.89 Å². The van der Waals surface area contributed by atoms with Crippen LogP contribution in [0.4, 0.5) is 0 Å². The number of imidazole rings is 1. The van der Waals surface area contributed by atoms with Gasteiger partial charge in [0.1, 0.15) is 0 Å². The zero-order chi connectivity index (χ0) is 15.8. The molecule has 0 bridgehead atoms. The van der Waals surface area contributed by atoms with Crippen molar-refractivity contribution in [1.82, 2.24) is 19.7 Å². The molecule has 1 atom stereocenters. The standard InChI is InChI=1S/C15H11ClN4O3/c16-10-3-1-2-9-6-11(22-15(21)13(9)10)14-18-12(19-23-14)7-20-5-4-17-8-20/h1-5,8,11H,6-7H2. The minimum absolute atomic E-state index is 0.277. The molecule has 2 aromatic heterocycles. The van der Waals surface area contributed by atoms with Crippen molar-refractivity contribution in [2.24, 2.45) is 0 Å². The van der Waals surface area contributed by atoms with Crippen LogP contribution in [0.2, 0.25) is 5.02 Å². The first-order chi connectivity index (χ1) is 11.2. The van der Waals surface area contributed by atoms with Gasteiger partial charge in [0.2, 0.25) is 0 Å². The van der Waals surface area contributed by atoms with Crippen LogP contribution in [0, 0.1) is 0 Å². The average molecular weight is 331 g/mol. The number of aromatic nitrogens is 4. The first-order valence-electron chi connectivity index (χ1n) is 6.97. The van der Waals surface area contributed by atoms with Crippen LogP contribution in [0.5, 0.6) is 0 Å². The molecule has 0 N–H and O–H groups in total. The second-order valence-electron chi connectivity index (χ2n) is 5.16. The summed E-state index contributed by atoms with van der Waals surface area (Å²) in [5.41, 5.74) is 1.22. The summed E-state index contributed by atoms with van der Waals surface area (Å²) in [4.78, 5) is 20.4. The Labute approximate surface area is 135 Å². The summed E-state index contributed by atoms with van der Waals surface area (Å²) >= 11 is 6.05. The molecule has 1 unspecified atom stereocenters. The van der Waals surface area contributed by atoms with Gasteiger partial charge in [-0.25, -0.2) is 9.78 Å². The number of nitrogens with zero attached hydrogens (tertiary/aromatic N) is 4. The van der Waals surface area contributed by atoms with Gasteiger partial charge in [-0.1, -0.05) is 28.9 Å². The van der Waals surface area contributed by atoms with Crippen molar-refractivity contribution in [2.75, 3.05) is 0 Å². The fraction of sp³-hybridized carbons (Fsp3) is 0.200. The minimum Gasteiger partial charge on any atom is -0.448 e. The van der Waals surface area contributed by atoms with Crippen LogP contribution < -0.4 is 0 Å². The number of hydrogen-bond acceptors (Lipinski definition) is 6. The van der Waals surface area contributed by atoms with E-state index in [2.05, 4.69) is 15.1 Å². The molecular formula is C15H11ClN4O3. The Bertz CT molecular complexity index is 859. The Morgan fingerprint density at radius 3 is 3.13 bits per heavy atom. The molecule has 7 nitrogen and oxygen atoms in total. The number of ether oxygens (including phenoxy) is 1. The fourth-order valence-electron chi connectivity index (χ4n) is 2.54. The van der Waals surface area contributed by atoms with E-state index in [-0.39, 0.29) is 5.89 Å². The van der Waals surface area contributed by atoms with Gasteiger partial charge in [0.15, 0.2) is 11.9 Å². The summed E-state index contributed by atoms with van der Waals surface area (Å²) in [6.07, 6.45) is 4.99. The molecule has 0 saturated carbocycles. The second kappa shape index (κ2) is 5.51. The molecule has 4 rings (SSSR count). The molecule has 116 valence electrons. The Balaban J connectivity index is 1.58. The van der Waals surface area contributed by atoms with Gasteiger partial charge >= 0.3 is 5.97 Å². The average Bonchev–Trinajstić information content (AvgIpc) is 3.19. The lowest BCUT2D eigenvalue weighted by molar-refractivity contribution is 0.0169. The van der Waals surface area contributed by atoms with Crippen molar-refractivity contribution >= 4 is 17.6 Å². The van der Waals surface area contributed by atoms with Crippen LogP contribution >= 0.6 is 11.6 Å². The maximum absolute atomic E-state index is 12.1. The minimum atomic E-state index is -0.600. The first-order valence-corrected chi connectivity index (χ1v) is 7.35. The third-order valence-electron chi connectivity index (χ3n) is 3.60. The van der Waals surface area contributed by atoms with E-state index in [1.165, 1.54) is 0 Å². The van der Waals surface area contributed by atoms with Crippen molar-refractivity contribution in [3.8, 4) is 0 Å². The predicted molar refractivity (Wildman–Crippen MR) is 78.9 cm³/mol. The molecule has 3 heterocycles. The van der Waals surface area contributed by atoms with Crippen LogP contribution in [-0.4, -0.2) is 25.7 Å². The van der Waals surface area contributed by atoms with E-state index in [9.17, 15) is 4.79 Å². The van der Waals surface area contributed by atoms with Crippen molar-refractivity contribution in [3.63, 3.8) is 0 Å². The van der Waals surface area contributed by atoms with E-state index < -0.39 is 12.1 Å². The van der Waals surface area contributed by atoms with Crippen molar-refractivity contribution < 1.29 is 14.1 Å². The Morgan fingerprint density at radius 1 is 1.39 bits per heavy atom. The highest BCUT2D eigenvalue weighted by Crippen LogP contribution is 2.33. The lowest BCUT2D eigenvalue weighted by Gasteiger charge is -2.22. The van der Waals surface area contributed by atoms with Crippen LogP contribution in [0.15, 0.2) is 41.4 Å². The third kappa shape index (κ3) is 2.59. The summed E-state index contributed by atoms with van der Waals surface area (Å²) in [7, 11) is 0. The summed E-state index contributed by atoms with van der Waals surface area (Å²) < 4.78 is 12.4. The molecule has 3 aromatic rings. The van der Waals surface area contributed by atoms with E-state index in [0.717, 1.165) is 5.56 Å². The molecule has 23 heavy (non-hydrogen) atoms. The number of carbonyl (C=O) groups is 1. The van der Waals surface area contributed by atoms with Gasteiger partial charge in [-0.05, 0) is 11.6 Å². The van der Waals surface area contributed by atoms with E-state index in [0.29, 0.717) is 29.4 Å². The fourth-order valence-corrected chi connectivity index (χ4v) is 2.81. The maximum atomic E-state index is 12.1. The van der Waals surface area contributed by atoms with Gasteiger partial charge in [0, 0.05) is 18.8 Å². The molecule has 0 aliphatic carbocycles. The molecule has 0 radical (unpaired) electrons. The maximum Gasteiger partial charge on any atom is 0.340 e. The predicted octanol–water partition coefficient (Wildman–Crippen LogP) is 2.42. The topological polar surface area (TPSA) is 83.0 Å². The highest BCUT2D eigenvalue weighted by molar-refractivity contribution is 6.33. The Kier molecular flexibility index (Phi) is 3.34. The number of hydrogen-bond donors (Lipinski definition) is 0. The molecule has 0 fully saturated rings. The van der Waals surface area contributed by atoms with Crippen molar-refractivity contribution in [3.05, 3.63) is 64.8 Å². The number of cyclic esters (lactones) is 1. The quantitative estimate of drug-likeness (QED) is 0.686. The molecule has 0 amide bonds. The molecule has 1 aliphatic rings. The van der Waals surface area contributed by atoms with Gasteiger partial charge in [0.05, 0.1) is 23.5 Å². The largest absolute Gasteiger partial charge is 0.448 e. The number of esters is 1. The van der Waals surface area contributed by atoms with E-state index in [1.807, 2.05) is 10.6 Å². The molecule has 0 spiro atoms. The van der Waals surface area contributed by atoms with E-state index in [4.69, 9.17) is 20.9 Å². The van der Waals surface area contributed by atoms with Gasteiger partial charge < -0.3 is 13.8 Å². The van der Waals surface area contributed by atoms with Crippen LogP contribution in [0.1, 0.15) is 33.7 Å². The Morgan fingerprint density at radius 2 is 2.30 bits per heavy atom. The smallest absolute Gasteiger partial charge is 0.340 e. The van der Waals surface area contributed by atoms with Crippen molar-refractivity contribution in [1.29, 1.82) is 0 Å². The SMILES string of the molecule is O=C1OC(c2nc(Cn3ccnc3)no2)Cc2cccc(Cl)c21. The molecule has 1 aromatic carbocycles. The van der Waals surface area contributed by atoms with Crippen LogP contribution in [-0.2, 0) is 17.7 Å². The molecule has 0 saturated heterocycles. The lowest BCUT2D eigenvalue weighted by atomic mass is 9.98. The summed E-state index contributed by atoms with van der Waals surface area (Å²) in [5, 5.41) is 4.30. The molecule has 1 aliphatic heterocycles. The normalized spacial score (nSPS) is 16.9. The van der Waals surface area contributed by atoms with Crippen LogP contribution in [0.3, 0.4) is 0 Å². The lowest BCUT2D eigenvalue weighted by Crippen LogP contribution is -2.22. The van der Waals surface area contributed by atoms with Gasteiger partial charge in [-0.2, -0.15) is 4.98 Å². The van der Waals surface area contributed by atoms with Gasteiger partial charge in [-0.15, -0.1) is 0 Å². The first kappa shape index (κ1) is 14.0. The molecule has 8 heteroatoms. The monoisotopic (exact) mass is 330 g/mol. The summed E-state index contributed by atoms with van der Waals surface area (Å²) in [6, 6.07) is 5.31. The highest BCUT2D eigenvalue weighted by atomic mass is 35.5.